The second kappa shape index (κ2) is 5.65. The number of rotatable bonds is 4. The van der Waals surface area contributed by atoms with E-state index in [1.165, 1.54) is 0 Å². The molecule has 7 nitrogen and oxygen atoms in total. The van der Waals surface area contributed by atoms with Crippen molar-refractivity contribution in [1.82, 2.24) is 15.5 Å². The van der Waals surface area contributed by atoms with Gasteiger partial charge in [0.05, 0.1) is 6.10 Å². The number of amides is 2. The number of carbonyl (C=O) groups excluding carboxylic acids is 1. The summed E-state index contributed by atoms with van der Waals surface area (Å²) in [6.45, 7) is 0.235. The molecule has 2 unspecified atom stereocenters. The predicted molar refractivity (Wildman–Crippen MR) is 58.5 cm³/mol. The van der Waals surface area contributed by atoms with Gasteiger partial charge in [-0.15, -0.1) is 0 Å². The molecule has 10 heteroatoms. The molecule has 1 aliphatic rings. The lowest BCUT2D eigenvalue weighted by Gasteiger charge is -2.11. The van der Waals surface area contributed by atoms with E-state index >= 15 is 0 Å². The number of hydrogen-bond donors (Lipinski definition) is 2. The summed E-state index contributed by atoms with van der Waals surface area (Å²) >= 11 is 0. The van der Waals surface area contributed by atoms with E-state index in [-0.39, 0.29) is 18.5 Å². The van der Waals surface area contributed by atoms with Crippen LogP contribution < -0.4 is 11.1 Å². The summed E-state index contributed by atoms with van der Waals surface area (Å²) in [5, 5.41) is 5.89. The summed E-state index contributed by atoms with van der Waals surface area (Å²) < 4.78 is 46.5. The Labute approximate surface area is 111 Å². The number of halogens is 3. The summed E-state index contributed by atoms with van der Waals surface area (Å²) in [4.78, 5) is 14.2. The molecule has 0 bridgehead atoms. The zero-order chi connectivity index (χ0) is 14.8. The van der Waals surface area contributed by atoms with Crippen LogP contribution in [0.1, 0.15) is 30.7 Å². The van der Waals surface area contributed by atoms with Crippen LogP contribution in [-0.4, -0.2) is 35.0 Å². The third-order valence-corrected chi connectivity index (χ3v) is 2.73. The number of aromatic nitrogens is 2. The first kappa shape index (κ1) is 14.6. The SMILES string of the molecule is NC(=O)NCC1CCC(c2noc(CC(F)(F)F)n2)O1. The van der Waals surface area contributed by atoms with Crippen molar-refractivity contribution in [1.29, 1.82) is 0 Å². The van der Waals surface area contributed by atoms with Crippen molar-refractivity contribution < 1.29 is 27.2 Å². The number of nitrogens with two attached hydrogens (primary N) is 1. The van der Waals surface area contributed by atoms with E-state index in [0.717, 1.165) is 0 Å². The van der Waals surface area contributed by atoms with E-state index in [4.69, 9.17) is 10.5 Å². The first-order chi connectivity index (χ1) is 9.33. The maximum atomic E-state index is 12.2. The molecule has 0 spiro atoms. The maximum Gasteiger partial charge on any atom is 0.397 e. The lowest BCUT2D eigenvalue weighted by Crippen LogP contribution is -2.35. The highest BCUT2D eigenvalue weighted by atomic mass is 19.4. The lowest BCUT2D eigenvalue weighted by molar-refractivity contribution is -0.131. The zero-order valence-corrected chi connectivity index (χ0v) is 10.3. The van der Waals surface area contributed by atoms with Gasteiger partial charge in [0, 0.05) is 6.54 Å². The Hall–Kier alpha value is -1.84. The van der Waals surface area contributed by atoms with Gasteiger partial charge in [0.15, 0.2) is 0 Å². The largest absolute Gasteiger partial charge is 0.397 e. The molecule has 3 N–H and O–H groups in total. The van der Waals surface area contributed by atoms with Crippen LogP contribution in [-0.2, 0) is 11.2 Å². The Bertz CT molecular complexity index is 477. The van der Waals surface area contributed by atoms with Gasteiger partial charge in [-0.1, -0.05) is 5.16 Å². The highest BCUT2D eigenvalue weighted by molar-refractivity contribution is 5.71. The molecule has 20 heavy (non-hydrogen) atoms. The van der Waals surface area contributed by atoms with Gasteiger partial charge >= 0.3 is 12.2 Å². The quantitative estimate of drug-likeness (QED) is 0.864. The second-order valence-corrected chi connectivity index (χ2v) is 4.41. The van der Waals surface area contributed by atoms with Gasteiger partial charge in [-0.25, -0.2) is 4.79 Å². The number of nitrogens with one attached hydrogen (secondary N) is 1. The van der Waals surface area contributed by atoms with Crippen LogP contribution in [0.2, 0.25) is 0 Å². The number of urea groups is 1. The van der Waals surface area contributed by atoms with E-state index in [1.807, 2.05) is 0 Å². The molecule has 2 atom stereocenters. The van der Waals surface area contributed by atoms with Gasteiger partial charge in [-0.3, -0.25) is 0 Å². The first-order valence-electron chi connectivity index (χ1n) is 5.91. The molecule has 1 aromatic heterocycles. The van der Waals surface area contributed by atoms with Crippen molar-refractivity contribution in [2.45, 2.75) is 37.6 Å². The molecule has 1 aromatic rings. The van der Waals surface area contributed by atoms with Crippen molar-refractivity contribution in [3.63, 3.8) is 0 Å². The molecule has 0 aliphatic carbocycles. The van der Waals surface area contributed by atoms with E-state index in [1.54, 1.807) is 0 Å². The van der Waals surface area contributed by atoms with Crippen molar-refractivity contribution in [2.24, 2.45) is 5.73 Å². The second-order valence-electron chi connectivity index (χ2n) is 4.41. The van der Waals surface area contributed by atoms with Crippen LogP contribution in [0.4, 0.5) is 18.0 Å². The number of ether oxygens (including phenoxy) is 1. The van der Waals surface area contributed by atoms with E-state index < -0.39 is 30.6 Å². The van der Waals surface area contributed by atoms with Gasteiger partial charge in [0.25, 0.3) is 0 Å². The molecule has 1 aliphatic heterocycles. The molecule has 112 valence electrons. The van der Waals surface area contributed by atoms with Crippen LogP contribution in [0.15, 0.2) is 4.52 Å². The highest BCUT2D eigenvalue weighted by Gasteiger charge is 2.34. The standard InChI is InChI=1S/C10H13F3N4O3/c11-10(12,13)3-7-16-8(17-20-7)6-2-1-5(19-6)4-15-9(14)18/h5-6H,1-4H2,(H3,14,15,18). The van der Waals surface area contributed by atoms with E-state index in [9.17, 15) is 18.0 Å². The predicted octanol–water partition coefficient (Wildman–Crippen LogP) is 1.06. The smallest absolute Gasteiger partial charge is 0.365 e. The zero-order valence-electron chi connectivity index (χ0n) is 10.3. The van der Waals surface area contributed by atoms with Crippen LogP contribution in [0.25, 0.3) is 0 Å². The minimum absolute atomic E-state index is 0.0887. The molecule has 1 saturated heterocycles. The van der Waals surface area contributed by atoms with Crippen molar-refractivity contribution in [3.05, 3.63) is 11.7 Å². The Morgan fingerprint density at radius 1 is 1.45 bits per heavy atom. The van der Waals surface area contributed by atoms with Gasteiger partial charge in [0.2, 0.25) is 11.7 Å². The molecule has 1 fully saturated rings. The molecule has 0 aromatic carbocycles. The number of alkyl halides is 3. The molecule has 0 radical (unpaired) electrons. The van der Waals surface area contributed by atoms with Crippen molar-refractivity contribution in [3.8, 4) is 0 Å². The van der Waals surface area contributed by atoms with Gasteiger partial charge in [0.1, 0.15) is 12.5 Å². The minimum Gasteiger partial charge on any atom is -0.365 e. The molecule has 2 rings (SSSR count). The van der Waals surface area contributed by atoms with Crippen LogP contribution in [0.5, 0.6) is 0 Å². The summed E-state index contributed by atoms with van der Waals surface area (Å²) in [7, 11) is 0. The number of hydrogen-bond acceptors (Lipinski definition) is 5. The monoisotopic (exact) mass is 294 g/mol. The summed E-state index contributed by atoms with van der Waals surface area (Å²) in [6, 6.07) is -0.663. The fraction of sp³-hybridized carbons (Fsp3) is 0.700. The Kier molecular flexibility index (Phi) is 4.12. The average molecular weight is 294 g/mol. The number of carbonyl (C=O) groups is 1. The van der Waals surface area contributed by atoms with Crippen LogP contribution >= 0.6 is 0 Å². The highest BCUT2D eigenvalue weighted by Crippen LogP contribution is 2.31. The minimum atomic E-state index is -4.39. The third-order valence-electron chi connectivity index (χ3n) is 2.73. The number of nitrogens with zero attached hydrogens (tertiary/aromatic N) is 2. The molecule has 0 saturated carbocycles. The van der Waals surface area contributed by atoms with Crippen molar-refractivity contribution in [2.75, 3.05) is 6.54 Å². The average Bonchev–Trinajstić information content (AvgIpc) is 2.92. The normalized spacial score (nSPS) is 22.9. The van der Waals surface area contributed by atoms with Gasteiger partial charge in [-0.05, 0) is 12.8 Å². The van der Waals surface area contributed by atoms with Crippen molar-refractivity contribution >= 4 is 6.03 Å². The fourth-order valence-electron chi connectivity index (χ4n) is 1.90. The molecule has 2 heterocycles. The fourth-order valence-corrected chi connectivity index (χ4v) is 1.90. The van der Waals surface area contributed by atoms with E-state index in [2.05, 4.69) is 20.0 Å². The summed E-state index contributed by atoms with van der Waals surface area (Å²) in [5.41, 5.74) is 4.93. The first-order valence-corrected chi connectivity index (χ1v) is 5.91. The summed E-state index contributed by atoms with van der Waals surface area (Å²) in [6.07, 6.45) is -5.30. The molecule has 2 amide bonds. The summed E-state index contributed by atoms with van der Waals surface area (Å²) in [5.74, 6) is -0.402. The maximum absolute atomic E-state index is 12.2. The van der Waals surface area contributed by atoms with Crippen LogP contribution in [0.3, 0.4) is 0 Å². The number of primary amides is 1. The topological polar surface area (TPSA) is 103 Å². The van der Waals surface area contributed by atoms with E-state index in [0.29, 0.717) is 12.8 Å². The van der Waals surface area contributed by atoms with Crippen LogP contribution in [0, 0.1) is 0 Å². The Balaban J connectivity index is 1.88. The molecular weight excluding hydrogens is 281 g/mol. The Morgan fingerprint density at radius 2 is 2.20 bits per heavy atom. The van der Waals surface area contributed by atoms with Gasteiger partial charge < -0.3 is 20.3 Å². The third kappa shape index (κ3) is 4.08. The molecular formula is C10H13F3N4O3. The van der Waals surface area contributed by atoms with Gasteiger partial charge in [-0.2, -0.15) is 18.2 Å². The lowest BCUT2D eigenvalue weighted by atomic mass is 10.2. The Morgan fingerprint density at radius 3 is 2.85 bits per heavy atom.